The van der Waals surface area contributed by atoms with E-state index < -0.39 is 6.10 Å². The Morgan fingerprint density at radius 1 is 1.38 bits per heavy atom. The zero-order valence-electron chi connectivity index (χ0n) is 15.2. The van der Waals surface area contributed by atoms with Crippen LogP contribution in [0.15, 0.2) is 29.3 Å². The van der Waals surface area contributed by atoms with E-state index in [9.17, 15) is 9.90 Å². The highest BCUT2D eigenvalue weighted by Gasteiger charge is 2.27. The van der Waals surface area contributed by atoms with Crippen molar-refractivity contribution in [3.05, 3.63) is 34.9 Å². The smallest absolute Gasteiger partial charge is 0.308 e. The summed E-state index contributed by atoms with van der Waals surface area (Å²) in [4.78, 5) is 18.3. The van der Waals surface area contributed by atoms with Gasteiger partial charge in [-0.2, -0.15) is 0 Å². The normalized spacial score (nSPS) is 16.6. The van der Waals surface area contributed by atoms with Crippen LogP contribution < -0.4 is 5.32 Å². The van der Waals surface area contributed by atoms with Crippen molar-refractivity contribution in [2.75, 3.05) is 33.3 Å². The lowest BCUT2D eigenvalue weighted by Crippen LogP contribution is -2.46. The first-order valence-corrected chi connectivity index (χ1v) is 8.97. The number of piperidine rings is 1. The molecule has 0 aliphatic carbocycles. The number of guanidine groups is 1. The molecule has 0 spiro atoms. The quantitative estimate of drug-likeness (QED) is 0.284. The molecule has 1 aliphatic rings. The SMILES string of the molecule is CCNC(=NCC(O)c1ccc(Cl)cc1)N1CCC(C(=O)OC)CC1.I. The van der Waals surface area contributed by atoms with Gasteiger partial charge in [0.1, 0.15) is 0 Å². The molecular formula is C18H27ClIN3O3. The highest BCUT2D eigenvalue weighted by Crippen LogP contribution is 2.19. The molecule has 0 radical (unpaired) electrons. The minimum absolute atomic E-state index is 0. The number of aliphatic hydroxyl groups is 1. The number of esters is 1. The van der Waals surface area contributed by atoms with Crippen molar-refractivity contribution in [3.63, 3.8) is 0 Å². The zero-order valence-corrected chi connectivity index (χ0v) is 18.2. The van der Waals surface area contributed by atoms with Crippen molar-refractivity contribution >= 4 is 47.5 Å². The number of nitrogens with zero attached hydrogens (tertiary/aromatic N) is 2. The molecule has 6 nitrogen and oxygen atoms in total. The summed E-state index contributed by atoms with van der Waals surface area (Å²) in [6, 6.07) is 7.12. The van der Waals surface area contributed by atoms with E-state index in [-0.39, 0.29) is 42.4 Å². The van der Waals surface area contributed by atoms with Crippen molar-refractivity contribution in [2.24, 2.45) is 10.9 Å². The number of rotatable bonds is 5. The predicted octanol–water partition coefficient (Wildman–Crippen LogP) is 2.84. The van der Waals surface area contributed by atoms with Gasteiger partial charge in [-0.3, -0.25) is 9.79 Å². The van der Waals surface area contributed by atoms with E-state index in [4.69, 9.17) is 16.3 Å². The Morgan fingerprint density at radius 3 is 2.54 bits per heavy atom. The number of halogens is 2. The minimum atomic E-state index is -0.682. The van der Waals surface area contributed by atoms with Crippen LogP contribution in [0.2, 0.25) is 5.02 Å². The minimum Gasteiger partial charge on any atom is -0.469 e. The van der Waals surface area contributed by atoms with Gasteiger partial charge in [0.25, 0.3) is 0 Å². The molecule has 146 valence electrons. The molecule has 1 atom stereocenters. The number of methoxy groups -OCH3 is 1. The van der Waals surface area contributed by atoms with Gasteiger partial charge in [-0.05, 0) is 37.5 Å². The van der Waals surface area contributed by atoms with E-state index in [0.29, 0.717) is 5.02 Å². The summed E-state index contributed by atoms with van der Waals surface area (Å²) in [5.74, 6) is 0.586. The Kier molecular flexibility index (Phi) is 10.3. The monoisotopic (exact) mass is 495 g/mol. The summed E-state index contributed by atoms with van der Waals surface area (Å²) in [5.41, 5.74) is 0.786. The average Bonchev–Trinajstić information content (AvgIpc) is 2.65. The zero-order chi connectivity index (χ0) is 18.2. The lowest BCUT2D eigenvalue weighted by atomic mass is 9.97. The molecule has 1 fully saturated rings. The van der Waals surface area contributed by atoms with Crippen LogP contribution in [0.4, 0.5) is 0 Å². The van der Waals surface area contributed by atoms with Gasteiger partial charge in [-0.15, -0.1) is 24.0 Å². The first-order valence-electron chi connectivity index (χ1n) is 8.59. The van der Waals surface area contributed by atoms with E-state index in [1.54, 1.807) is 24.3 Å². The van der Waals surface area contributed by atoms with Crippen molar-refractivity contribution in [1.29, 1.82) is 0 Å². The molecule has 1 aromatic rings. The Morgan fingerprint density at radius 2 is 2.00 bits per heavy atom. The average molecular weight is 496 g/mol. The summed E-state index contributed by atoms with van der Waals surface area (Å²) in [6.45, 7) is 4.49. The molecule has 0 saturated carbocycles. The van der Waals surface area contributed by atoms with Gasteiger partial charge in [-0.1, -0.05) is 23.7 Å². The van der Waals surface area contributed by atoms with Crippen LogP contribution in [-0.4, -0.2) is 55.2 Å². The number of likely N-dealkylation sites (tertiary alicyclic amines) is 1. The van der Waals surface area contributed by atoms with E-state index in [1.807, 2.05) is 6.92 Å². The predicted molar refractivity (Wildman–Crippen MR) is 114 cm³/mol. The molecule has 2 N–H and O–H groups in total. The maximum absolute atomic E-state index is 11.6. The van der Waals surface area contributed by atoms with Crippen molar-refractivity contribution in [2.45, 2.75) is 25.9 Å². The Balaban J connectivity index is 0.00000338. The number of benzene rings is 1. The fraction of sp³-hybridized carbons (Fsp3) is 0.556. The standard InChI is InChI=1S/C18H26ClN3O3.HI/c1-3-20-18(22-10-8-14(9-11-22)17(24)25-2)21-12-16(23)13-4-6-15(19)7-5-13;/h4-7,14,16,23H,3,8-12H2,1-2H3,(H,20,21);1H. The fourth-order valence-corrected chi connectivity index (χ4v) is 3.01. The number of nitrogens with one attached hydrogen (secondary N) is 1. The summed E-state index contributed by atoms with van der Waals surface area (Å²) in [5, 5.41) is 14.2. The van der Waals surface area contributed by atoms with E-state index in [0.717, 1.165) is 44.0 Å². The lowest BCUT2D eigenvalue weighted by molar-refractivity contribution is -0.146. The molecule has 8 heteroatoms. The number of aliphatic imine (C=N–C) groups is 1. The second-order valence-electron chi connectivity index (χ2n) is 6.05. The van der Waals surface area contributed by atoms with Crippen LogP contribution in [0.25, 0.3) is 0 Å². The third kappa shape index (κ3) is 6.59. The molecule has 1 aliphatic heterocycles. The molecule has 1 heterocycles. The largest absolute Gasteiger partial charge is 0.469 e. The van der Waals surface area contributed by atoms with Crippen LogP contribution in [0, 0.1) is 5.92 Å². The van der Waals surface area contributed by atoms with Gasteiger partial charge >= 0.3 is 5.97 Å². The second-order valence-corrected chi connectivity index (χ2v) is 6.48. The number of ether oxygens (including phenoxy) is 1. The summed E-state index contributed by atoms with van der Waals surface area (Å²) >= 11 is 5.87. The number of hydrogen-bond donors (Lipinski definition) is 2. The highest BCUT2D eigenvalue weighted by molar-refractivity contribution is 14.0. The molecular weight excluding hydrogens is 469 g/mol. The Labute approximate surface area is 177 Å². The summed E-state index contributed by atoms with van der Waals surface area (Å²) < 4.78 is 4.82. The molecule has 1 aromatic carbocycles. The second kappa shape index (κ2) is 11.6. The first-order chi connectivity index (χ1) is 12.0. The van der Waals surface area contributed by atoms with Gasteiger partial charge in [-0.25, -0.2) is 0 Å². The van der Waals surface area contributed by atoms with Crippen molar-refractivity contribution in [1.82, 2.24) is 10.2 Å². The number of carbonyl (C=O) groups is 1. The van der Waals surface area contributed by atoms with E-state index in [1.165, 1.54) is 7.11 Å². The fourth-order valence-electron chi connectivity index (χ4n) is 2.88. The molecule has 0 amide bonds. The van der Waals surface area contributed by atoms with Crippen LogP contribution in [0.3, 0.4) is 0 Å². The van der Waals surface area contributed by atoms with Gasteiger partial charge in [0.2, 0.25) is 0 Å². The molecule has 26 heavy (non-hydrogen) atoms. The van der Waals surface area contributed by atoms with Gasteiger partial charge in [0.15, 0.2) is 5.96 Å². The molecule has 1 unspecified atom stereocenters. The third-order valence-electron chi connectivity index (χ3n) is 4.33. The number of carbonyl (C=O) groups excluding carboxylic acids is 1. The number of hydrogen-bond acceptors (Lipinski definition) is 4. The third-order valence-corrected chi connectivity index (χ3v) is 4.58. The van der Waals surface area contributed by atoms with Gasteiger partial charge in [0, 0.05) is 24.7 Å². The lowest BCUT2D eigenvalue weighted by Gasteiger charge is -2.33. The summed E-state index contributed by atoms with van der Waals surface area (Å²) in [6.07, 6.45) is 0.812. The van der Waals surface area contributed by atoms with Crippen LogP contribution in [-0.2, 0) is 9.53 Å². The van der Waals surface area contributed by atoms with E-state index in [2.05, 4.69) is 15.2 Å². The number of aliphatic hydroxyl groups excluding tert-OH is 1. The molecule has 0 aromatic heterocycles. The molecule has 0 bridgehead atoms. The summed E-state index contributed by atoms with van der Waals surface area (Å²) in [7, 11) is 1.43. The highest BCUT2D eigenvalue weighted by atomic mass is 127. The van der Waals surface area contributed by atoms with Gasteiger partial charge < -0.3 is 20.1 Å². The first kappa shape index (κ1) is 23.0. The van der Waals surface area contributed by atoms with Gasteiger partial charge in [0.05, 0.1) is 25.7 Å². The Bertz CT molecular complexity index is 590. The van der Waals surface area contributed by atoms with Crippen molar-refractivity contribution in [3.8, 4) is 0 Å². The van der Waals surface area contributed by atoms with Crippen LogP contribution >= 0.6 is 35.6 Å². The van der Waals surface area contributed by atoms with E-state index >= 15 is 0 Å². The molecule has 2 rings (SSSR count). The maximum atomic E-state index is 11.6. The van der Waals surface area contributed by atoms with Crippen LogP contribution in [0.5, 0.6) is 0 Å². The topological polar surface area (TPSA) is 74.2 Å². The van der Waals surface area contributed by atoms with Crippen LogP contribution in [0.1, 0.15) is 31.4 Å². The van der Waals surface area contributed by atoms with Crippen molar-refractivity contribution < 1.29 is 14.6 Å². The Hall–Kier alpha value is -1.06. The maximum Gasteiger partial charge on any atom is 0.308 e. The molecule has 1 saturated heterocycles.